The van der Waals surface area contributed by atoms with Crippen LogP contribution in [0, 0.1) is 0 Å². The number of nitrogens with zero attached hydrogens (tertiary/aromatic N) is 3. The van der Waals surface area contributed by atoms with E-state index in [9.17, 15) is 9.59 Å². The van der Waals surface area contributed by atoms with Crippen LogP contribution in [0.4, 0.5) is 0 Å². The van der Waals surface area contributed by atoms with Crippen LogP contribution in [0.2, 0.25) is 0 Å². The van der Waals surface area contributed by atoms with Gasteiger partial charge in [-0.3, -0.25) is 19.5 Å². The maximum Gasteiger partial charge on any atom is 0.229 e. The van der Waals surface area contributed by atoms with Crippen molar-refractivity contribution in [2.45, 2.75) is 52.0 Å². The van der Waals surface area contributed by atoms with E-state index in [1.54, 1.807) is 13.2 Å². The molecule has 8 nitrogen and oxygen atoms in total. The van der Waals surface area contributed by atoms with E-state index in [1.807, 2.05) is 0 Å². The van der Waals surface area contributed by atoms with E-state index in [-0.39, 0.29) is 17.2 Å². The van der Waals surface area contributed by atoms with Gasteiger partial charge in [0, 0.05) is 38.4 Å². The fourth-order valence-corrected chi connectivity index (χ4v) is 2.45. The molecule has 2 heterocycles. The molecule has 2 N–H and O–H groups in total. The smallest absolute Gasteiger partial charge is 0.229 e. The first-order valence-corrected chi connectivity index (χ1v) is 8.54. The Morgan fingerprint density at radius 3 is 2.52 bits per heavy atom. The zero-order valence-corrected chi connectivity index (χ0v) is 15.4. The number of amides is 2. The van der Waals surface area contributed by atoms with Gasteiger partial charge in [-0.2, -0.15) is 0 Å². The summed E-state index contributed by atoms with van der Waals surface area (Å²) in [6.45, 7) is 7.37. The zero-order valence-electron chi connectivity index (χ0n) is 15.4. The fraction of sp³-hybridized carbons (Fsp3) is 0.647. The first kappa shape index (κ1) is 19.0. The number of piperidine rings is 1. The topological polar surface area (TPSA) is 99.8 Å². The number of likely N-dealkylation sites (tertiary alicyclic amines) is 1. The monoisotopic (exact) mass is 349 g/mol. The Balaban J connectivity index is 1.78. The maximum atomic E-state index is 11.8. The summed E-state index contributed by atoms with van der Waals surface area (Å²) >= 11 is 0. The van der Waals surface area contributed by atoms with E-state index in [1.165, 1.54) is 4.90 Å². The van der Waals surface area contributed by atoms with Crippen LogP contribution >= 0.6 is 0 Å². The van der Waals surface area contributed by atoms with Gasteiger partial charge in [-0.15, -0.1) is 0 Å². The molecule has 0 saturated carbocycles. The molecule has 2 rings (SSSR count). The Kier molecular flexibility index (Phi) is 6.17. The van der Waals surface area contributed by atoms with E-state index in [4.69, 9.17) is 4.42 Å². The number of guanidine groups is 1. The molecule has 0 spiro atoms. The summed E-state index contributed by atoms with van der Waals surface area (Å²) in [5.41, 5.74) is -0.0846. The number of carbonyl (C=O) groups is 2. The average molecular weight is 349 g/mol. The highest BCUT2D eigenvalue weighted by atomic mass is 16.4. The molecule has 138 valence electrons. The highest BCUT2D eigenvalue weighted by Crippen LogP contribution is 2.22. The molecule has 0 radical (unpaired) electrons. The molecule has 2 amide bonds. The molecule has 1 aliphatic heterocycles. The van der Waals surface area contributed by atoms with Gasteiger partial charge in [-0.1, -0.05) is 20.8 Å². The zero-order chi connectivity index (χ0) is 18.4. The van der Waals surface area contributed by atoms with Crippen LogP contribution in [0.3, 0.4) is 0 Å². The molecule has 1 aliphatic rings. The Bertz CT molecular complexity index is 629. The Labute approximate surface area is 148 Å². The molecule has 0 bridgehead atoms. The van der Waals surface area contributed by atoms with Gasteiger partial charge in [0.25, 0.3) is 0 Å². The molecule has 0 unspecified atom stereocenters. The second-order valence-electron chi connectivity index (χ2n) is 7.01. The van der Waals surface area contributed by atoms with Gasteiger partial charge in [0.1, 0.15) is 5.76 Å². The summed E-state index contributed by atoms with van der Waals surface area (Å²) in [6.07, 6.45) is 3.27. The molecule has 0 atom stereocenters. The number of nitrogens with one attached hydrogen (secondary N) is 2. The second kappa shape index (κ2) is 8.13. The van der Waals surface area contributed by atoms with Gasteiger partial charge in [0.15, 0.2) is 5.96 Å². The van der Waals surface area contributed by atoms with Gasteiger partial charge in [-0.05, 0) is 6.42 Å². The van der Waals surface area contributed by atoms with Gasteiger partial charge in [0.05, 0.1) is 12.7 Å². The summed E-state index contributed by atoms with van der Waals surface area (Å²) in [5, 5.41) is 6.19. The molecule has 1 fully saturated rings. The van der Waals surface area contributed by atoms with Crippen LogP contribution < -0.4 is 10.6 Å². The summed E-state index contributed by atoms with van der Waals surface area (Å²) in [5.74, 6) is 1.77. The number of carbonyl (C=O) groups excluding carboxylic acids is 2. The fourth-order valence-electron chi connectivity index (χ4n) is 2.45. The Morgan fingerprint density at radius 2 is 1.96 bits per heavy atom. The van der Waals surface area contributed by atoms with Crippen LogP contribution in [0.25, 0.3) is 0 Å². The molecule has 1 saturated heterocycles. The lowest BCUT2D eigenvalue weighted by molar-refractivity contribution is -0.147. The summed E-state index contributed by atoms with van der Waals surface area (Å²) < 4.78 is 5.72. The number of oxazole rings is 1. The van der Waals surface area contributed by atoms with Crippen molar-refractivity contribution in [2.24, 2.45) is 4.99 Å². The molecule has 0 aromatic carbocycles. The maximum absolute atomic E-state index is 11.8. The highest BCUT2D eigenvalue weighted by molar-refractivity contribution is 5.97. The van der Waals surface area contributed by atoms with Crippen molar-refractivity contribution in [3.63, 3.8) is 0 Å². The third kappa shape index (κ3) is 5.30. The molecular formula is C17H27N5O3. The molecule has 8 heteroatoms. The minimum atomic E-state index is -0.101. The van der Waals surface area contributed by atoms with Gasteiger partial charge in [-0.25, -0.2) is 4.98 Å². The van der Waals surface area contributed by atoms with E-state index >= 15 is 0 Å². The van der Waals surface area contributed by atoms with Crippen molar-refractivity contribution in [3.8, 4) is 0 Å². The van der Waals surface area contributed by atoms with E-state index < -0.39 is 0 Å². The number of hydrogen-bond acceptors (Lipinski definition) is 5. The lowest BCUT2D eigenvalue weighted by Crippen LogP contribution is -2.46. The first-order chi connectivity index (χ1) is 11.8. The predicted octanol–water partition coefficient (Wildman–Crippen LogP) is 1.18. The largest absolute Gasteiger partial charge is 0.443 e. The Hall–Kier alpha value is -2.38. The minimum absolute atomic E-state index is 0.0846. The van der Waals surface area contributed by atoms with Crippen LogP contribution in [0.15, 0.2) is 15.6 Å². The van der Waals surface area contributed by atoms with E-state index in [0.717, 1.165) is 5.76 Å². The van der Waals surface area contributed by atoms with Crippen LogP contribution in [0.1, 0.15) is 51.7 Å². The van der Waals surface area contributed by atoms with Crippen LogP contribution in [-0.2, 0) is 21.5 Å². The van der Waals surface area contributed by atoms with E-state index in [0.29, 0.717) is 50.7 Å². The SMILES string of the molecule is CN=C(NCCN1C(=O)CCCC1=O)NCc1ncc(C(C)(C)C)o1. The van der Waals surface area contributed by atoms with Crippen molar-refractivity contribution < 1.29 is 14.0 Å². The Morgan fingerprint density at radius 1 is 1.28 bits per heavy atom. The summed E-state index contributed by atoms with van der Waals surface area (Å²) in [7, 11) is 1.66. The van der Waals surface area contributed by atoms with Crippen molar-refractivity contribution in [2.75, 3.05) is 20.1 Å². The molecule has 0 aliphatic carbocycles. The normalized spacial score (nSPS) is 16.3. The second-order valence-corrected chi connectivity index (χ2v) is 7.01. The molecular weight excluding hydrogens is 322 g/mol. The molecule has 1 aromatic heterocycles. The lowest BCUT2D eigenvalue weighted by Gasteiger charge is -2.25. The van der Waals surface area contributed by atoms with Crippen molar-refractivity contribution in [3.05, 3.63) is 17.8 Å². The molecule has 1 aromatic rings. The number of aromatic nitrogens is 1. The number of rotatable bonds is 5. The quantitative estimate of drug-likeness (QED) is 0.470. The summed E-state index contributed by atoms with van der Waals surface area (Å²) in [6, 6.07) is 0. The lowest BCUT2D eigenvalue weighted by atomic mass is 9.94. The third-order valence-corrected chi connectivity index (χ3v) is 3.93. The first-order valence-electron chi connectivity index (χ1n) is 8.54. The third-order valence-electron chi connectivity index (χ3n) is 3.93. The van der Waals surface area contributed by atoms with Crippen LogP contribution in [0.5, 0.6) is 0 Å². The number of aliphatic imine (C=N–C) groups is 1. The number of hydrogen-bond donors (Lipinski definition) is 2. The average Bonchev–Trinajstić information content (AvgIpc) is 3.02. The van der Waals surface area contributed by atoms with E-state index in [2.05, 4.69) is 41.4 Å². The van der Waals surface area contributed by atoms with Crippen LogP contribution in [-0.4, -0.2) is 47.8 Å². The standard InChI is InChI=1S/C17H27N5O3/c1-17(2,3)12-10-20-13(25-12)11-21-16(18-4)19-8-9-22-14(23)6-5-7-15(22)24/h10H,5-9,11H2,1-4H3,(H2,18,19,21). The predicted molar refractivity (Wildman–Crippen MR) is 94.0 cm³/mol. The number of imide groups is 1. The van der Waals surface area contributed by atoms with Crippen molar-refractivity contribution >= 4 is 17.8 Å². The summed E-state index contributed by atoms with van der Waals surface area (Å²) in [4.78, 5) is 33.2. The van der Waals surface area contributed by atoms with Gasteiger partial charge in [0.2, 0.25) is 17.7 Å². The van der Waals surface area contributed by atoms with Crippen molar-refractivity contribution in [1.82, 2.24) is 20.5 Å². The minimum Gasteiger partial charge on any atom is -0.443 e. The van der Waals surface area contributed by atoms with Gasteiger partial charge < -0.3 is 15.1 Å². The van der Waals surface area contributed by atoms with Gasteiger partial charge >= 0.3 is 0 Å². The van der Waals surface area contributed by atoms with Crippen molar-refractivity contribution in [1.29, 1.82) is 0 Å². The molecule has 25 heavy (non-hydrogen) atoms. The highest BCUT2D eigenvalue weighted by Gasteiger charge is 2.25.